The van der Waals surface area contributed by atoms with E-state index in [0.717, 1.165) is 10.0 Å². The summed E-state index contributed by atoms with van der Waals surface area (Å²) in [7, 11) is 0. The van der Waals surface area contributed by atoms with Gasteiger partial charge in [0, 0.05) is 10.0 Å². The number of hydrogen-bond donors (Lipinski definition) is 3. The van der Waals surface area contributed by atoms with Crippen LogP contribution in [0.15, 0.2) is 28.7 Å². The number of nitrogens with one attached hydrogen (secondary N) is 2. The number of amides is 2. The average molecular weight is 379 g/mol. The molecule has 0 atom stereocenters. The first-order chi connectivity index (χ1) is 9.32. The van der Waals surface area contributed by atoms with Crippen LogP contribution in [0.4, 0.5) is 0 Å². The standard InChI is InChI=1S/C14H20BrN3O2.ClH/c1-14(2,7-10-3-5-11(15)6-4-10)18-13(20)9-17-12(19)8-16;/h3-6H,7-9,16H2,1-2H3,(H,17,19)(H,18,20);1H. The molecule has 2 amide bonds. The van der Waals surface area contributed by atoms with E-state index in [1.807, 2.05) is 38.1 Å². The van der Waals surface area contributed by atoms with Crippen molar-refractivity contribution in [3.63, 3.8) is 0 Å². The lowest BCUT2D eigenvalue weighted by Crippen LogP contribution is -2.49. The molecular weight excluding hydrogens is 358 g/mol. The second-order valence-electron chi connectivity index (χ2n) is 5.22. The highest BCUT2D eigenvalue weighted by molar-refractivity contribution is 9.10. The summed E-state index contributed by atoms with van der Waals surface area (Å²) < 4.78 is 1.02. The Morgan fingerprint density at radius 3 is 2.29 bits per heavy atom. The molecule has 0 unspecified atom stereocenters. The van der Waals surface area contributed by atoms with Gasteiger partial charge >= 0.3 is 0 Å². The van der Waals surface area contributed by atoms with E-state index in [1.54, 1.807) is 0 Å². The topological polar surface area (TPSA) is 84.2 Å². The molecule has 4 N–H and O–H groups in total. The van der Waals surface area contributed by atoms with Gasteiger partial charge in [-0.15, -0.1) is 12.4 Å². The fraction of sp³-hybridized carbons (Fsp3) is 0.429. The summed E-state index contributed by atoms with van der Waals surface area (Å²) in [6, 6.07) is 7.95. The quantitative estimate of drug-likeness (QED) is 0.699. The lowest BCUT2D eigenvalue weighted by Gasteiger charge is -2.26. The molecule has 0 saturated carbocycles. The Kier molecular flexibility index (Phi) is 8.54. The minimum atomic E-state index is -0.391. The van der Waals surface area contributed by atoms with Gasteiger partial charge in [0.15, 0.2) is 0 Å². The first kappa shape index (κ1) is 19.9. The van der Waals surface area contributed by atoms with E-state index in [1.165, 1.54) is 0 Å². The Morgan fingerprint density at radius 2 is 1.76 bits per heavy atom. The van der Waals surface area contributed by atoms with Crippen molar-refractivity contribution in [3.05, 3.63) is 34.3 Å². The van der Waals surface area contributed by atoms with Gasteiger partial charge in [-0.1, -0.05) is 28.1 Å². The van der Waals surface area contributed by atoms with Gasteiger partial charge in [-0.05, 0) is 38.0 Å². The second-order valence-corrected chi connectivity index (χ2v) is 6.13. The van der Waals surface area contributed by atoms with Crippen molar-refractivity contribution in [3.8, 4) is 0 Å². The smallest absolute Gasteiger partial charge is 0.239 e. The number of halogens is 2. The number of carbonyl (C=O) groups is 2. The predicted octanol–water partition coefficient (Wildman–Crippen LogP) is 1.38. The summed E-state index contributed by atoms with van der Waals surface area (Å²) in [5, 5.41) is 5.34. The van der Waals surface area contributed by atoms with Crippen molar-refractivity contribution in [2.45, 2.75) is 25.8 Å². The summed E-state index contributed by atoms with van der Waals surface area (Å²) in [5.41, 5.74) is 5.89. The third kappa shape index (κ3) is 8.04. The van der Waals surface area contributed by atoms with Gasteiger partial charge < -0.3 is 16.4 Å². The van der Waals surface area contributed by atoms with Crippen LogP contribution in [-0.4, -0.2) is 30.4 Å². The first-order valence-corrected chi connectivity index (χ1v) is 7.14. The van der Waals surface area contributed by atoms with Gasteiger partial charge in [0.1, 0.15) is 0 Å². The van der Waals surface area contributed by atoms with Gasteiger partial charge in [0.05, 0.1) is 13.1 Å². The summed E-state index contributed by atoms with van der Waals surface area (Å²) in [6.45, 7) is 3.71. The van der Waals surface area contributed by atoms with E-state index in [4.69, 9.17) is 5.73 Å². The zero-order valence-electron chi connectivity index (χ0n) is 12.1. The van der Waals surface area contributed by atoms with Crippen LogP contribution < -0.4 is 16.4 Å². The molecule has 0 spiro atoms. The van der Waals surface area contributed by atoms with Gasteiger partial charge in [-0.2, -0.15) is 0 Å². The molecule has 1 aromatic carbocycles. The number of rotatable bonds is 6. The maximum absolute atomic E-state index is 11.7. The average Bonchev–Trinajstić information content (AvgIpc) is 2.37. The Morgan fingerprint density at radius 1 is 1.19 bits per heavy atom. The zero-order chi connectivity index (χ0) is 15.2. The monoisotopic (exact) mass is 377 g/mol. The van der Waals surface area contributed by atoms with Gasteiger partial charge in [-0.3, -0.25) is 9.59 Å². The number of benzene rings is 1. The van der Waals surface area contributed by atoms with Crippen LogP contribution in [0.25, 0.3) is 0 Å². The highest BCUT2D eigenvalue weighted by atomic mass is 79.9. The minimum Gasteiger partial charge on any atom is -0.349 e. The van der Waals surface area contributed by atoms with Crippen molar-refractivity contribution < 1.29 is 9.59 Å². The molecule has 0 aliphatic rings. The summed E-state index contributed by atoms with van der Waals surface area (Å²) in [6.07, 6.45) is 0.705. The molecule has 0 bridgehead atoms. The molecule has 0 aliphatic heterocycles. The van der Waals surface area contributed by atoms with Crippen molar-refractivity contribution in [1.29, 1.82) is 0 Å². The molecule has 0 aliphatic carbocycles. The number of nitrogens with two attached hydrogens (primary N) is 1. The minimum absolute atomic E-state index is 0. The summed E-state index contributed by atoms with van der Waals surface area (Å²) in [4.78, 5) is 22.7. The van der Waals surface area contributed by atoms with Crippen LogP contribution in [0.2, 0.25) is 0 Å². The molecular formula is C14H21BrClN3O2. The van der Waals surface area contributed by atoms with Crippen LogP contribution in [0.5, 0.6) is 0 Å². The van der Waals surface area contributed by atoms with Crippen LogP contribution in [-0.2, 0) is 16.0 Å². The van der Waals surface area contributed by atoms with Crippen LogP contribution in [0.1, 0.15) is 19.4 Å². The largest absolute Gasteiger partial charge is 0.349 e. The van der Waals surface area contributed by atoms with Gasteiger partial charge in [-0.25, -0.2) is 0 Å². The fourth-order valence-electron chi connectivity index (χ4n) is 1.83. The molecule has 1 rings (SSSR count). The van der Waals surface area contributed by atoms with E-state index in [0.29, 0.717) is 6.42 Å². The molecule has 5 nitrogen and oxygen atoms in total. The highest BCUT2D eigenvalue weighted by Gasteiger charge is 2.21. The maximum atomic E-state index is 11.7. The second kappa shape index (κ2) is 9.02. The molecule has 7 heteroatoms. The Hall–Kier alpha value is -1.11. The molecule has 0 radical (unpaired) electrons. The third-order valence-electron chi connectivity index (χ3n) is 2.67. The molecule has 0 aromatic heterocycles. The number of hydrogen-bond acceptors (Lipinski definition) is 3. The van der Waals surface area contributed by atoms with Crippen LogP contribution >= 0.6 is 28.3 Å². The molecule has 118 valence electrons. The summed E-state index contributed by atoms with van der Waals surface area (Å²) in [5.74, 6) is -0.570. The predicted molar refractivity (Wildman–Crippen MR) is 89.4 cm³/mol. The van der Waals surface area contributed by atoms with E-state index >= 15 is 0 Å². The highest BCUT2D eigenvalue weighted by Crippen LogP contribution is 2.16. The maximum Gasteiger partial charge on any atom is 0.239 e. The Labute approximate surface area is 139 Å². The molecule has 21 heavy (non-hydrogen) atoms. The van der Waals surface area contributed by atoms with Gasteiger partial charge in [0.2, 0.25) is 11.8 Å². The van der Waals surface area contributed by atoms with Crippen molar-refractivity contribution in [2.75, 3.05) is 13.1 Å². The van der Waals surface area contributed by atoms with Crippen molar-refractivity contribution >= 4 is 40.2 Å². The molecule has 0 saturated heterocycles. The Balaban J connectivity index is 0.00000400. The van der Waals surface area contributed by atoms with Crippen LogP contribution in [0.3, 0.4) is 0 Å². The lowest BCUT2D eigenvalue weighted by atomic mass is 9.95. The first-order valence-electron chi connectivity index (χ1n) is 6.34. The molecule has 1 aromatic rings. The summed E-state index contributed by atoms with van der Waals surface area (Å²) >= 11 is 3.39. The third-order valence-corrected chi connectivity index (χ3v) is 3.20. The van der Waals surface area contributed by atoms with E-state index < -0.39 is 5.54 Å². The molecule has 0 fully saturated rings. The van der Waals surface area contributed by atoms with E-state index in [9.17, 15) is 9.59 Å². The SMILES string of the molecule is CC(C)(Cc1ccc(Br)cc1)NC(=O)CNC(=O)CN.Cl. The zero-order valence-corrected chi connectivity index (χ0v) is 14.5. The van der Waals surface area contributed by atoms with Crippen molar-refractivity contribution in [1.82, 2.24) is 10.6 Å². The van der Waals surface area contributed by atoms with E-state index in [2.05, 4.69) is 26.6 Å². The number of carbonyl (C=O) groups excluding carboxylic acids is 2. The molecule has 0 heterocycles. The van der Waals surface area contributed by atoms with E-state index in [-0.39, 0.29) is 37.3 Å². The van der Waals surface area contributed by atoms with Crippen LogP contribution in [0, 0.1) is 0 Å². The Bertz CT molecular complexity index is 478. The normalized spacial score (nSPS) is 10.5. The van der Waals surface area contributed by atoms with Crippen molar-refractivity contribution in [2.24, 2.45) is 5.73 Å². The van der Waals surface area contributed by atoms with Gasteiger partial charge in [0.25, 0.3) is 0 Å². The fourth-order valence-corrected chi connectivity index (χ4v) is 2.09. The lowest BCUT2D eigenvalue weighted by molar-refractivity contribution is -0.126.